The number of carbonyl (C=O) groups excluding carboxylic acids is 1. The van der Waals surface area contributed by atoms with Crippen molar-refractivity contribution in [3.8, 4) is 0 Å². The van der Waals surface area contributed by atoms with Gasteiger partial charge in [-0.1, -0.05) is 30.3 Å². The second-order valence-electron chi connectivity index (χ2n) is 6.08. The molecule has 0 aliphatic carbocycles. The fourth-order valence-electron chi connectivity index (χ4n) is 2.92. The molecule has 8 nitrogen and oxygen atoms in total. The number of nitro groups is 1. The molecular weight excluding hydrogens is 322 g/mol. The number of hydrogen-bond acceptors (Lipinski definition) is 5. The number of carbonyl (C=O) groups is 1. The average Bonchev–Trinajstić information content (AvgIpc) is 3.11. The maximum absolute atomic E-state index is 12.3. The van der Waals surface area contributed by atoms with Crippen LogP contribution in [0.25, 0.3) is 0 Å². The Labute approximate surface area is 145 Å². The number of amides is 1. The molecule has 0 bridgehead atoms. The quantitative estimate of drug-likeness (QED) is 0.581. The van der Waals surface area contributed by atoms with Crippen LogP contribution >= 0.6 is 0 Å². The third kappa shape index (κ3) is 4.63. The predicted molar refractivity (Wildman–Crippen MR) is 92.0 cm³/mol. The Morgan fingerprint density at radius 2 is 1.80 bits per heavy atom. The van der Waals surface area contributed by atoms with E-state index in [9.17, 15) is 14.9 Å². The summed E-state index contributed by atoms with van der Waals surface area (Å²) in [5, 5.41) is 14.5. The molecule has 1 fully saturated rings. The summed E-state index contributed by atoms with van der Waals surface area (Å²) < 4.78 is 1.59. The predicted octanol–water partition coefficient (Wildman–Crippen LogP) is 1.18. The molecule has 3 rings (SSSR count). The summed E-state index contributed by atoms with van der Waals surface area (Å²) in [7, 11) is 0. The summed E-state index contributed by atoms with van der Waals surface area (Å²) >= 11 is 0. The number of hydrogen-bond donors (Lipinski definition) is 0. The highest BCUT2D eigenvalue weighted by Crippen LogP contribution is 2.08. The van der Waals surface area contributed by atoms with Gasteiger partial charge in [0, 0.05) is 32.7 Å². The summed E-state index contributed by atoms with van der Waals surface area (Å²) in [6.45, 7) is 4.41. The molecule has 2 aromatic rings. The van der Waals surface area contributed by atoms with Crippen molar-refractivity contribution in [3.05, 3.63) is 58.3 Å². The minimum atomic E-state index is -0.492. The molecule has 132 valence electrons. The van der Waals surface area contributed by atoms with Gasteiger partial charge in [-0.2, -0.15) is 4.68 Å². The number of aromatic nitrogens is 2. The van der Waals surface area contributed by atoms with Gasteiger partial charge in [0.25, 0.3) is 0 Å². The molecule has 1 aliphatic rings. The van der Waals surface area contributed by atoms with Crippen molar-refractivity contribution in [2.75, 3.05) is 32.7 Å². The first kappa shape index (κ1) is 17.1. The molecule has 1 aromatic heterocycles. The van der Waals surface area contributed by atoms with Crippen LogP contribution in [0, 0.1) is 10.1 Å². The van der Waals surface area contributed by atoms with Crippen LogP contribution in [-0.4, -0.2) is 63.1 Å². The maximum Gasteiger partial charge on any atom is 0.389 e. The first-order chi connectivity index (χ1) is 12.1. The van der Waals surface area contributed by atoms with Crippen LogP contribution in [0.4, 0.5) is 5.82 Å². The van der Waals surface area contributed by atoms with Gasteiger partial charge in [-0.25, -0.2) is 0 Å². The Morgan fingerprint density at radius 3 is 2.44 bits per heavy atom. The Hall–Kier alpha value is -2.74. The minimum absolute atomic E-state index is 0.128. The van der Waals surface area contributed by atoms with Crippen LogP contribution in [0.1, 0.15) is 5.56 Å². The van der Waals surface area contributed by atoms with E-state index in [-0.39, 0.29) is 11.7 Å². The van der Waals surface area contributed by atoms with E-state index in [0.717, 1.165) is 25.2 Å². The molecular formula is C17H21N5O3. The van der Waals surface area contributed by atoms with Gasteiger partial charge >= 0.3 is 5.82 Å². The van der Waals surface area contributed by atoms with Crippen molar-refractivity contribution in [2.24, 2.45) is 0 Å². The molecule has 1 aromatic carbocycles. The van der Waals surface area contributed by atoms with E-state index in [1.807, 2.05) is 35.2 Å². The largest absolute Gasteiger partial charge is 0.389 e. The van der Waals surface area contributed by atoms with E-state index in [2.05, 4.69) is 10.00 Å². The third-order valence-corrected chi connectivity index (χ3v) is 4.38. The van der Waals surface area contributed by atoms with Crippen LogP contribution < -0.4 is 0 Å². The lowest BCUT2D eigenvalue weighted by molar-refractivity contribution is -0.389. The molecule has 0 unspecified atom stereocenters. The van der Waals surface area contributed by atoms with Crippen molar-refractivity contribution >= 4 is 11.7 Å². The fraction of sp³-hybridized carbons (Fsp3) is 0.412. The molecule has 1 saturated heterocycles. The number of benzene rings is 1. The van der Waals surface area contributed by atoms with Gasteiger partial charge in [0.05, 0.1) is 30.3 Å². The van der Waals surface area contributed by atoms with Gasteiger partial charge in [0.15, 0.2) is 0 Å². The summed E-state index contributed by atoms with van der Waals surface area (Å²) in [5.41, 5.74) is 1.04. The van der Waals surface area contributed by atoms with Crippen LogP contribution in [0.5, 0.6) is 0 Å². The molecule has 2 heterocycles. The Bertz CT molecular complexity index is 723. The minimum Gasteiger partial charge on any atom is -0.358 e. The maximum atomic E-state index is 12.3. The van der Waals surface area contributed by atoms with Crippen LogP contribution in [0.2, 0.25) is 0 Å². The van der Waals surface area contributed by atoms with Crippen molar-refractivity contribution in [2.45, 2.75) is 13.0 Å². The standard InChI is InChI=1S/C17H21N5O3/c23-17(14-15-4-2-1-3-5-15)20-11-8-19(9-12-20)10-13-21-7-6-16(18-21)22(24)25/h1-7H,8-14H2. The second kappa shape index (κ2) is 7.89. The van der Waals surface area contributed by atoms with Crippen molar-refractivity contribution in [3.63, 3.8) is 0 Å². The summed E-state index contributed by atoms with van der Waals surface area (Å²) in [6, 6.07) is 11.2. The molecule has 0 atom stereocenters. The van der Waals surface area contributed by atoms with Gasteiger partial charge in [-0.3, -0.25) is 9.69 Å². The van der Waals surface area contributed by atoms with Gasteiger partial charge in [0.1, 0.15) is 0 Å². The van der Waals surface area contributed by atoms with E-state index >= 15 is 0 Å². The van der Waals surface area contributed by atoms with Crippen molar-refractivity contribution in [1.29, 1.82) is 0 Å². The summed E-state index contributed by atoms with van der Waals surface area (Å²) in [4.78, 5) is 26.6. The molecule has 0 saturated carbocycles. The zero-order valence-corrected chi connectivity index (χ0v) is 14.0. The Balaban J connectivity index is 1.42. The molecule has 1 amide bonds. The van der Waals surface area contributed by atoms with Gasteiger partial charge in [-0.15, -0.1) is 0 Å². The van der Waals surface area contributed by atoms with Crippen LogP contribution in [0.15, 0.2) is 42.6 Å². The first-order valence-corrected chi connectivity index (χ1v) is 8.34. The summed E-state index contributed by atoms with van der Waals surface area (Å²) in [5.74, 6) is 0.0323. The molecule has 1 aliphatic heterocycles. The average molecular weight is 343 g/mol. The topological polar surface area (TPSA) is 84.5 Å². The molecule has 0 radical (unpaired) electrons. The third-order valence-electron chi connectivity index (χ3n) is 4.38. The first-order valence-electron chi connectivity index (χ1n) is 8.34. The molecule has 0 N–H and O–H groups in total. The number of rotatable bonds is 6. The Morgan fingerprint density at radius 1 is 1.08 bits per heavy atom. The van der Waals surface area contributed by atoms with Crippen LogP contribution in [0.3, 0.4) is 0 Å². The monoisotopic (exact) mass is 343 g/mol. The SMILES string of the molecule is O=C(Cc1ccccc1)N1CCN(CCn2ccc([N+](=O)[O-])n2)CC1. The highest BCUT2D eigenvalue weighted by molar-refractivity contribution is 5.78. The normalized spacial score (nSPS) is 15.3. The van der Waals surface area contributed by atoms with Gasteiger partial charge in [0.2, 0.25) is 5.91 Å². The van der Waals surface area contributed by atoms with E-state index < -0.39 is 4.92 Å². The van der Waals surface area contributed by atoms with Crippen molar-refractivity contribution < 1.29 is 9.72 Å². The van der Waals surface area contributed by atoms with E-state index in [1.54, 1.807) is 10.9 Å². The van der Waals surface area contributed by atoms with E-state index in [4.69, 9.17) is 0 Å². The van der Waals surface area contributed by atoms with Gasteiger partial charge in [-0.05, 0) is 10.5 Å². The van der Waals surface area contributed by atoms with E-state index in [0.29, 0.717) is 26.1 Å². The zero-order chi connectivity index (χ0) is 17.6. The number of nitrogens with zero attached hydrogens (tertiary/aromatic N) is 5. The second-order valence-corrected chi connectivity index (χ2v) is 6.08. The highest BCUT2D eigenvalue weighted by atomic mass is 16.6. The van der Waals surface area contributed by atoms with Crippen LogP contribution in [-0.2, 0) is 17.8 Å². The summed E-state index contributed by atoms with van der Waals surface area (Å²) in [6.07, 6.45) is 2.07. The zero-order valence-electron chi connectivity index (χ0n) is 14.0. The Kier molecular flexibility index (Phi) is 5.39. The smallest absolute Gasteiger partial charge is 0.358 e. The van der Waals surface area contributed by atoms with Crippen molar-refractivity contribution in [1.82, 2.24) is 19.6 Å². The molecule has 8 heteroatoms. The molecule has 0 spiro atoms. The lowest BCUT2D eigenvalue weighted by Crippen LogP contribution is -2.49. The number of piperazine rings is 1. The molecule has 25 heavy (non-hydrogen) atoms. The van der Waals surface area contributed by atoms with E-state index in [1.165, 1.54) is 6.07 Å². The lowest BCUT2D eigenvalue weighted by Gasteiger charge is -2.34. The van der Waals surface area contributed by atoms with Gasteiger partial charge < -0.3 is 15.0 Å². The highest BCUT2D eigenvalue weighted by Gasteiger charge is 2.21. The fourth-order valence-corrected chi connectivity index (χ4v) is 2.92. The lowest BCUT2D eigenvalue weighted by atomic mass is 10.1.